The molecule has 1 fully saturated rings. The van der Waals surface area contributed by atoms with Crippen molar-refractivity contribution in [3.63, 3.8) is 0 Å². The smallest absolute Gasteiger partial charge is 0.191 e. The van der Waals surface area contributed by atoms with Crippen molar-refractivity contribution in [3.05, 3.63) is 42.4 Å². The second-order valence-corrected chi connectivity index (χ2v) is 6.73. The lowest BCUT2D eigenvalue weighted by molar-refractivity contribution is 0.131. The minimum Gasteiger partial charge on any atom is -0.357 e. The molecule has 0 spiro atoms. The molecule has 2 aromatic rings. The predicted octanol–water partition coefficient (Wildman–Crippen LogP) is 2.90. The lowest BCUT2D eigenvalue weighted by atomic mass is 9.67. The van der Waals surface area contributed by atoms with E-state index in [9.17, 15) is 0 Å². The molecule has 1 saturated carbocycles. The summed E-state index contributed by atoms with van der Waals surface area (Å²) in [7, 11) is 0. The van der Waals surface area contributed by atoms with Gasteiger partial charge >= 0.3 is 0 Å². The van der Waals surface area contributed by atoms with Crippen LogP contribution in [0.5, 0.6) is 0 Å². The van der Waals surface area contributed by atoms with Gasteiger partial charge in [0.05, 0.1) is 6.54 Å². The Hall–Kier alpha value is -2.37. The van der Waals surface area contributed by atoms with Gasteiger partial charge in [-0.25, -0.2) is 14.7 Å². The molecule has 0 atom stereocenters. The van der Waals surface area contributed by atoms with Crippen LogP contribution in [0.1, 0.15) is 45.1 Å². The molecule has 1 aliphatic rings. The molecule has 25 heavy (non-hydrogen) atoms. The van der Waals surface area contributed by atoms with Gasteiger partial charge in [-0.2, -0.15) is 5.10 Å². The van der Waals surface area contributed by atoms with Gasteiger partial charge in [-0.05, 0) is 55.4 Å². The van der Waals surface area contributed by atoms with Gasteiger partial charge in [-0.3, -0.25) is 0 Å². The van der Waals surface area contributed by atoms with Crippen molar-refractivity contribution in [1.82, 2.24) is 25.4 Å². The van der Waals surface area contributed by atoms with Gasteiger partial charge in [0, 0.05) is 31.7 Å². The highest BCUT2D eigenvalue weighted by molar-refractivity contribution is 5.79. The summed E-state index contributed by atoms with van der Waals surface area (Å²) in [5, 5.41) is 11.1. The topological polar surface area (TPSA) is 67.1 Å². The minimum absolute atomic E-state index is 0.472. The van der Waals surface area contributed by atoms with Crippen LogP contribution in [0.25, 0.3) is 5.82 Å². The number of rotatable bonds is 7. The van der Waals surface area contributed by atoms with Crippen molar-refractivity contribution in [2.75, 3.05) is 13.1 Å². The molecule has 1 aliphatic carbocycles. The molecule has 6 heteroatoms. The van der Waals surface area contributed by atoms with E-state index in [2.05, 4.69) is 34.6 Å². The van der Waals surface area contributed by atoms with Crippen molar-refractivity contribution >= 4 is 5.96 Å². The fourth-order valence-electron chi connectivity index (χ4n) is 3.20. The summed E-state index contributed by atoms with van der Waals surface area (Å²) in [5.41, 5.74) is 1.59. The van der Waals surface area contributed by atoms with Gasteiger partial charge in [0.2, 0.25) is 0 Å². The van der Waals surface area contributed by atoms with Crippen LogP contribution in [0.15, 0.2) is 41.8 Å². The molecule has 0 unspecified atom stereocenters. The summed E-state index contributed by atoms with van der Waals surface area (Å²) in [4.78, 5) is 9.10. The van der Waals surface area contributed by atoms with Crippen molar-refractivity contribution in [3.8, 4) is 5.82 Å². The fraction of sp³-hybridized carbons (Fsp3) is 0.526. The van der Waals surface area contributed by atoms with E-state index in [0.29, 0.717) is 12.0 Å². The second-order valence-electron chi connectivity index (χ2n) is 6.73. The third kappa shape index (κ3) is 4.38. The van der Waals surface area contributed by atoms with E-state index in [-0.39, 0.29) is 0 Å². The van der Waals surface area contributed by atoms with E-state index in [4.69, 9.17) is 4.99 Å². The summed E-state index contributed by atoms with van der Waals surface area (Å²) in [6.45, 7) is 6.87. The second kappa shape index (κ2) is 8.14. The first-order chi connectivity index (χ1) is 12.2. The van der Waals surface area contributed by atoms with Crippen LogP contribution in [0.4, 0.5) is 0 Å². The lowest BCUT2D eigenvalue weighted by Crippen LogP contribution is -2.46. The van der Waals surface area contributed by atoms with Crippen LogP contribution in [0, 0.1) is 5.41 Å². The average molecular weight is 340 g/mol. The molecule has 0 bridgehead atoms. The summed E-state index contributed by atoms with van der Waals surface area (Å²) in [6.07, 6.45) is 10.7. The first-order valence-electron chi connectivity index (χ1n) is 9.22. The van der Waals surface area contributed by atoms with Gasteiger partial charge in [0.1, 0.15) is 0 Å². The SMILES string of the molecule is CCNC(=NCc1ccnc(-n2cccn2)c1)NCC1(CC)CCC1. The molecule has 0 aromatic carbocycles. The molecule has 0 radical (unpaired) electrons. The monoisotopic (exact) mass is 340 g/mol. The van der Waals surface area contributed by atoms with Gasteiger partial charge in [-0.1, -0.05) is 13.3 Å². The molecular formula is C19H28N6. The zero-order valence-electron chi connectivity index (χ0n) is 15.2. The molecule has 0 saturated heterocycles. The molecular weight excluding hydrogens is 312 g/mol. The number of nitrogens with zero attached hydrogens (tertiary/aromatic N) is 4. The van der Waals surface area contributed by atoms with Crippen molar-refractivity contribution < 1.29 is 0 Å². The van der Waals surface area contributed by atoms with Crippen LogP contribution in [0.3, 0.4) is 0 Å². The van der Waals surface area contributed by atoms with Crippen molar-refractivity contribution in [2.24, 2.45) is 10.4 Å². The van der Waals surface area contributed by atoms with E-state index in [1.54, 1.807) is 10.9 Å². The molecule has 2 heterocycles. The molecule has 2 aromatic heterocycles. The molecule has 134 valence electrons. The van der Waals surface area contributed by atoms with Gasteiger partial charge in [0.25, 0.3) is 0 Å². The molecule has 3 rings (SSSR count). The normalized spacial score (nSPS) is 16.3. The van der Waals surface area contributed by atoms with Gasteiger partial charge in [0.15, 0.2) is 11.8 Å². The third-order valence-corrected chi connectivity index (χ3v) is 5.11. The van der Waals surface area contributed by atoms with Crippen LogP contribution < -0.4 is 10.6 Å². The Morgan fingerprint density at radius 3 is 2.80 bits per heavy atom. The van der Waals surface area contributed by atoms with Crippen LogP contribution in [-0.4, -0.2) is 33.8 Å². The summed E-state index contributed by atoms with van der Waals surface area (Å²) in [6, 6.07) is 5.92. The highest BCUT2D eigenvalue weighted by atomic mass is 15.3. The maximum atomic E-state index is 4.74. The zero-order valence-corrected chi connectivity index (χ0v) is 15.2. The first kappa shape index (κ1) is 17.5. The summed E-state index contributed by atoms with van der Waals surface area (Å²) >= 11 is 0. The van der Waals surface area contributed by atoms with Crippen LogP contribution in [-0.2, 0) is 6.54 Å². The van der Waals surface area contributed by atoms with Crippen molar-refractivity contribution in [1.29, 1.82) is 0 Å². The number of hydrogen-bond donors (Lipinski definition) is 2. The zero-order chi connectivity index (χ0) is 17.5. The van der Waals surface area contributed by atoms with E-state index >= 15 is 0 Å². The number of aliphatic imine (C=N–C) groups is 1. The molecule has 0 amide bonds. The Bertz CT molecular complexity index is 682. The maximum Gasteiger partial charge on any atom is 0.191 e. The number of hydrogen-bond acceptors (Lipinski definition) is 3. The molecule has 2 N–H and O–H groups in total. The van der Waals surface area contributed by atoms with Gasteiger partial charge in [-0.15, -0.1) is 0 Å². The number of guanidine groups is 1. The highest BCUT2D eigenvalue weighted by Crippen LogP contribution is 2.42. The Morgan fingerprint density at radius 2 is 2.16 bits per heavy atom. The van der Waals surface area contributed by atoms with E-state index < -0.39 is 0 Å². The first-order valence-corrected chi connectivity index (χ1v) is 9.22. The Kier molecular flexibility index (Phi) is 5.68. The highest BCUT2D eigenvalue weighted by Gasteiger charge is 2.34. The summed E-state index contributed by atoms with van der Waals surface area (Å²) < 4.78 is 1.76. The minimum atomic E-state index is 0.472. The van der Waals surface area contributed by atoms with E-state index in [1.807, 2.05) is 30.6 Å². The van der Waals surface area contributed by atoms with E-state index in [0.717, 1.165) is 30.4 Å². The molecule has 6 nitrogen and oxygen atoms in total. The number of aromatic nitrogens is 3. The lowest BCUT2D eigenvalue weighted by Gasteiger charge is -2.41. The molecule has 0 aliphatic heterocycles. The number of nitrogens with one attached hydrogen (secondary N) is 2. The van der Waals surface area contributed by atoms with Crippen LogP contribution in [0.2, 0.25) is 0 Å². The van der Waals surface area contributed by atoms with Crippen LogP contribution >= 0.6 is 0 Å². The van der Waals surface area contributed by atoms with Gasteiger partial charge < -0.3 is 10.6 Å². The fourth-order valence-corrected chi connectivity index (χ4v) is 3.20. The number of pyridine rings is 1. The summed E-state index contributed by atoms with van der Waals surface area (Å²) in [5.74, 6) is 1.70. The quantitative estimate of drug-likeness (QED) is 0.601. The predicted molar refractivity (Wildman–Crippen MR) is 101 cm³/mol. The third-order valence-electron chi connectivity index (χ3n) is 5.11. The Morgan fingerprint density at radius 1 is 1.28 bits per heavy atom. The van der Waals surface area contributed by atoms with E-state index in [1.165, 1.54) is 25.7 Å². The largest absolute Gasteiger partial charge is 0.357 e. The Labute approximate surface area is 149 Å². The van der Waals surface area contributed by atoms with Crippen molar-refractivity contribution in [2.45, 2.75) is 46.1 Å². The average Bonchev–Trinajstić information content (AvgIpc) is 3.14. The Balaban J connectivity index is 1.64. The maximum absolute atomic E-state index is 4.74. The standard InChI is InChI=1S/C19H28N6/c1-3-19(8-5-9-19)15-23-18(20-4-2)22-14-16-7-11-21-17(13-16)25-12-6-10-24-25/h6-7,10-13H,3-5,8-9,14-15H2,1-2H3,(H2,20,22,23).